The van der Waals surface area contributed by atoms with Gasteiger partial charge in [0.1, 0.15) is 29.8 Å². The van der Waals surface area contributed by atoms with Crippen LogP contribution in [0, 0.1) is 5.82 Å². The van der Waals surface area contributed by atoms with Gasteiger partial charge in [-0.05, 0) is 36.4 Å². The molecule has 0 aliphatic carbocycles. The SMILES string of the molecule is O=C(CCn1cnc2ccccc2c1=O)OCc1csc(COc2ccc(F)cc2)n1. The predicted octanol–water partition coefficient (Wildman–Crippen LogP) is 3.70. The van der Waals surface area contributed by atoms with Crippen LogP contribution >= 0.6 is 11.3 Å². The molecule has 4 rings (SSSR count). The quantitative estimate of drug-likeness (QED) is 0.389. The Kier molecular flexibility index (Phi) is 6.32. The zero-order valence-electron chi connectivity index (χ0n) is 16.4. The molecule has 0 radical (unpaired) electrons. The smallest absolute Gasteiger partial charge is 0.307 e. The van der Waals surface area contributed by atoms with Crippen molar-refractivity contribution in [3.05, 3.63) is 87.1 Å². The van der Waals surface area contributed by atoms with Crippen LogP contribution in [0.4, 0.5) is 4.39 Å². The average molecular weight is 439 g/mol. The van der Waals surface area contributed by atoms with Gasteiger partial charge in [0.2, 0.25) is 0 Å². The summed E-state index contributed by atoms with van der Waals surface area (Å²) in [5.74, 6) is -0.215. The van der Waals surface area contributed by atoms with Crippen LogP contribution in [0.3, 0.4) is 0 Å². The van der Waals surface area contributed by atoms with E-state index in [9.17, 15) is 14.0 Å². The van der Waals surface area contributed by atoms with Crippen LogP contribution in [0.5, 0.6) is 5.75 Å². The normalized spacial score (nSPS) is 10.9. The number of para-hydroxylation sites is 1. The van der Waals surface area contributed by atoms with Crippen molar-refractivity contribution in [2.24, 2.45) is 0 Å². The van der Waals surface area contributed by atoms with Crippen LogP contribution in [0.15, 0.2) is 65.0 Å². The van der Waals surface area contributed by atoms with E-state index < -0.39 is 5.97 Å². The van der Waals surface area contributed by atoms with Crippen molar-refractivity contribution in [3.8, 4) is 5.75 Å². The van der Waals surface area contributed by atoms with Crippen LogP contribution in [0.2, 0.25) is 0 Å². The minimum Gasteiger partial charge on any atom is -0.486 e. The summed E-state index contributed by atoms with van der Waals surface area (Å²) in [6, 6.07) is 12.8. The number of aromatic nitrogens is 3. The first kappa shape index (κ1) is 20.7. The fourth-order valence-electron chi connectivity index (χ4n) is 2.86. The number of carbonyl (C=O) groups is 1. The van der Waals surface area contributed by atoms with Crippen molar-refractivity contribution < 1.29 is 18.7 Å². The van der Waals surface area contributed by atoms with E-state index in [2.05, 4.69) is 9.97 Å². The Morgan fingerprint density at radius 2 is 1.90 bits per heavy atom. The van der Waals surface area contributed by atoms with Gasteiger partial charge in [0.15, 0.2) is 0 Å². The number of aryl methyl sites for hydroxylation is 1. The third-order valence-electron chi connectivity index (χ3n) is 4.44. The van der Waals surface area contributed by atoms with Gasteiger partial charge in [-0.3, -0.25) is 14.2 Å². The number of rotatable bonds is 8. The summed E-state index contributed by atoms with van der Waals surface area (Å²) in [6.45, 7) is 0.461. The van der Waals surface area contributed by atoms with Gasteiger partial charge in [0.25, 0.3) is 5.56 Å². The van der Waals surface area contributed by atoms with Gasteiger partial charge in [0, 0.05) is 11.9 Å². The van der Waals surface area contributed by atoms with E-state index in [4.69, 9.17) is 9.47 Å². The molecule has 7 nitrogen and oxygen atoms in total. The molecule has 0 N–H and O–H groups in total. The highest BCUT2D eigenvalue weighted by Gasteiger charge is 2.09. The molecular formula is C22H18FN3O4S. The Morgan fingerprint density at radius 3 is 2.74 bits per heavy atom. The molecule has 0 spiro atoms. The molecule has 0 unspecified atom stereocenters. The Bertz CT molecular complexity index is 1250. The number of hydrogen-bond acceptors (Lipinski definition) is 7. The Labute approximate surface area is 180 Å². The molecule has 0 aliphatic rings. The summed E-state index contributed by atoms with van der Waals surface area (Å²) >= 11 is 1.38. The second-order valence-corrected chi connectivity index (χ2v) is 7.59. The van der Waals surface area contributed by atoms with Gasteiger partial charge in [0.05, 0.1) is 29.3 Å². The predicted molar refractivity (Wildman–Crippen MR) is 113 cm³/mol. The molecule has 31 heavy (non-hydrogen) atoms. The second kappa shape index (κ2) is 9.48. The van der Waals surface area contributed by atoms with Crippen molar-refractivity contribution in [1.29, 1.82) is 0 Å². The van der Waals surface area contributed by atoms with E-state index >= 15 is 0 Å². The number of fused-ring (bicyclic) bond motifs is 1. The van der Waals surface area contributed by atoms with E-state index in [0.717, 1.165) is 0 Å². The third-order valence-corrected chi connectivity index (χ3v) is 5.32. The highest BCUT2D eigenvalue weighted by molar-refractivity contribution is 7.09. The molecular weight excluding hydrogens is 421 g/mol. The summed E-state index contributed by atoms with van der Waals surface area (Å²) in [7, 11) is 0. The van der Waals surface area contributed by atoms with Crippen molar-refractivity contribution in [1.82, 2.24) is 14.5 Å². The molecule has 9 heteroatoms. The van der Waals surface area contributed by atoms with Crippen molar-refractivity contribution in [3.63, 3.8) is 0 Å². The highest BCUT2D eigenvalue weighted by Crippen LogP contribution is 2.16. The van der Waals surface area contributed by atoms with Crippen molar-refractivity contribution in [2.75, 3.05) is 0 Å². The van der Waals surface area contributed by atoms with Crippen LogP contribution in [0.25, 0.3) is 10.9 Å². The second-order valence-electron chi connectivity index (χ2n) is 6.65. The molecule has 0 saturated carbocycles. The lowest BCUT2D eigenvalue weighted by atomic mass is 10.2. The number of ether oxygens (including phenoxy) is 2. The maximum absolute atomic E-state index is 12.9. The number of halogens is 1. The molecule has 2 aromatic heterocycles. The average Bonchev–Trinajstić information content (AvgIpc) is 3.25. The summed E-state index contributed by atoms with van der Waals surface area (Å²) in [5, 5.41) is 3.01. The monoisotopic (exact) mass is 439 g/mol. The van der Waals surface area contributed by atoms with E-state index in [1.165, 1.54) is 34.4 Å². The first-order valence-corrected chi connectivity index (χ1v) is 10.4. The first-order valence-electron chi connectivity index (χ1n) is 9.50. The van der Waals surface area contributed by atoms with Gasteiger partial charge in [-0.15, -0.1) is 11.3 Å². The molecule has 0 amide bonds. The lowest BCUT2D eigenvalue weighted by Gasteiger charge is -2.07. The van der Waals surface area contributed by atoms with Gasteiger partial charge >= 0.3 is 5.97 Å². The summed E-state index contributed by atoms with van der Waals surface area (Å²) in [6.07, 6.45) is 1.48. The van der Waals surface area contributed by atoms with E-state index in [1.54, 1.807) is 35.7 Å². The lowest BCUT2D eigenvalue weighted by molar-refractivity contribution is -0.145. The number of carbonyl (C=O) groups excluding carboxylic acids is 1. The largest absolute Gasteiger partial charge is 0.486 e. The molecule has 0 fully saturated rings. The minimum atomic E-state index is -0.433. The maximum Gasteiger partial charge on any atom is 0.307 e. The first-order chi connectivity index (χ1) is 15.1. The minimum absolute atomic E-state index is 0.0384. The van der Waals surface area contributed by atoms with Crippen LogP contribution in [-0.4, -0.2) is 20.5 Å². The molecule has 0 atom stereocenters. The Hall–Kier alpha value is -3.59. The number of benzene rings is 2. The zero-order valence-corrected chi connectivity index (χ0v) is 17.2. The van der Waals surface area contributed by atoms with E-state index in [1.807, 2.05) is 6.07 Å². The van der Waals surface area contributed by atoms with Crippen LogP contribution < -0.4 is 10.3 Å². The van der Waals surface area contributed by atoms with Crippen molar-refractivity contribution in [2.45, 2.75) is 26.2 Å². The third kappa shape index (κ3) is 5.32. The van der Waals surface area contributed by atoms with Crippen LogP contribution in [0.1, 0.15) is 17.1 Å². The van der Waals surface area contributed by atoms with E-state index in [0.29, 0.717) is 27.4 Å². The molecule has 2 heterocycles. The zero-order chi connectivity index (χ0) is 21.6. The number of hydrogen-bond donors (Lipinski definition) is 0. The van der Waals surface area contributed by atoms with Crippen LogP contribution in [-0.2, 0) is 29.3 Å². The number of thiazole rings is 1. The topological polar surface area (TPSA) is 83.3 Å². The standard InChI is InChI=1S/C22H18FN3O4S/c23-15-5-7-17(8-6-15)29-12-20-25-16(13-31-20)11-30-21(27)9-10-26-14-24-19-4-2-1-3-18(19)22(26)28/h1-8,13-14H,9-12H2. The Morgan fingerprint density at radius 1 is 1.10 bits per heavy atom. The molecule has 0 bridgehead atoms. The summed E-state index contributed by atoms with van der Waals surface area (Å²) in [4.78, 5) is 33.1. The summed E-state index contributed by atoms with van der Waals surface area (Å²) in [5.41, 5.74) is 1.04. The van der Waals surface area contributed by atoms with E-state index in [-0.39, 0.29) is 37.6 Å². The number of esters is 1. The maximum atomic E-state index is 12.9. The fourth-order valence-corrected chi connectivity index (χ4v) is 3.55. The molecule has 158 valence electrons. The molecule has 0 saturated heterocycles. The van der Waals surface area contributed by atoms with Crippen molar-refractivity contribution >= 4 is 28.2 Å². The fraction of sp³-hybridized carbons (Fsp3) is 0.182. The summed E-state index contributed by atoms with van der Waals surface area (Å²) < 4.78 is 25.1. The van der Waals surface area contributed by atoms with Gasteiger partial charge in [-0.2, -0.15) is 0 Å². The molecule has 4 aromatic rings. The highest BCUT2D eigenvalue weighted by atomic mass is 32.1. The molecule has 0 aliphatic heterocycles. The Balaban J connectivity index is 1.25. The lowest BCUT2D eigenvalue weighted by Crippen LogP contribution is -2.22. The van der Waals surface area contributed by atoms with Gasteiger partial charge < -0.3 is 9.47 Å². The molecule has 2 aromatic carbocycles. The van der Waals surface area contributed by atoms with Gasteiger partial charge in [-0.25, -0.2) is 14.4 Å². The number of nitrogens with zero attached hydrogens (tertiary/aromatic N) is 3. The van der Waals surface area contributed by atoms with Gasteiger partial charge in [-0.1, -0.05) is 12.1 Å².